The van der Waals surface area contributed by atoms with E-state index in [-0.39, 0.29) is 5.75 Å². The van der Waals surface area contributed by atoms with Crippen molar-refractivity contribution in [1.82, 2.24) is 4.90 Å². The van der Waals surface area contributed by atoms with Gasteiger partial charge >= 0.3 is 0 Å². The maximum Gasteiger partial charge on any atom is 0.165 e. The maximum absolute atomic E-state index is 13.1. The molecule has 0 spiro atoms. The van der Waals surface area contributed by atoms with Gasteiger partial charge in [0.2, 0.25) is 0 Å². The average Bonchev–Trinajstić information content (AvgIpc) is 2.22. The number of phenols is 1. The van der Waals surface area contributed by atoms with Crippen LogP contribution in [0.5, 0.6) is 5.75 Å². The summed E-state index contributed by atoms with van der Waals surface area (Å²) in [5, 5.41) is 9.09. The highest BCUT2D eigenvalue weighted by Crippen LogP contribution is 2.18. The third-order valence-corrected chi connectivity index (χ3v) is 3.10. The molecule has 1 aromatic carbocycles. The van der Waals surface area contributed by atoms with Crippen LogP contribution in [0.3, 0.4) is 0 Å². The molecule has 0 fully saturated rings. The lowest BCUT2D eigenvalue weighted by atomic mass is 10.0. The van der Waals surface area contributed by atoms with Crippen LogP contribution in [0, 0.1) is 11.7 Å². The van der Waals surface area contributed by atoms with Gasteiger partial charge in [-0.25, -0.2) is 4.39 Å². The summed E-state index contributed by atoms with van der Waals surface area (Å²) in [6, 6.07) is 4.98. The molecule has 0 radical (unpaired) electrons. The minimum absolute atomic E-state index is 0.289. The van der Waals surface area contributed by atoms with Crippen molar-refractivity contribution < 1.29 is 9.50 Å². The Kier molecular flexibility index (Phi) is 4.30. The first kappa shape index (κ1) is 13.0. The van der Waals surface area contributed by atoms with E-state index in [0.717, 1.165) is 5.56 Å². The number of hydrogen-bond acceptors (Lipinski definition) is 2. The van der Waals surface area contributed by atoms with Crippen molar-refractivity contribution in [3.63, 3.8) is 0 Å². The van der Waals surface area contributed by atoms with Crippen molar-refractivity contribution in [1.29, 1.82) is 0 Å². The largest absolute Gasteiger partial charge is 0.505 e. The van der Waals surface area contributed by atoms with Gasteiger partial charge in [0.05, 0.1) is 0 Å². The molecule has 1 N–H and O–H groups in total. The summed E-state index contributed by atoms with van der Waals surface area (Å²) in [6.07, 6.45) is 0. The third-order valence-electron chi connectivity index (χ3n) is 3.10. The smallest absolute Gasteiger partial charge is 0.165 e. The van der Waals surface area contributed by atoms with Crippen LogP contribution < -0.4 is 0 Å². The van der Waals surface area contributed by atoms with Gasteiger partial charge in [0.1, 0.15) is 0 Å². The summed E-state index contributed by atoms with van der Waals surface area (Å²) in [5.74, 6) is -0.279. The molecular weight excluding hydrogens is 205 g/mol. The molecule has 1 unspecified atom stereocenters. The number of nitrogens with zero attached hydrogens (tertiary/aromatic N) is 1. The number of rotatable bonds is 4. The Bertz CT molecular complexity index is 352. The van der Waals surface area contributed by atoms with E-state index in [9.17, 15) is 4.39 Å². The SMILES string of the molecule is CC(C)C(C)N(C)Cc1ccc(O)c(F)c1. The molecule has 0 saturated heterocycles. The number of hydrogen-bond donors (Lipinski definition) is 1. The van der Waals surface area contributed by atoms with Crippen LogP contribution in [0.1, 0.15) is 26.3 Å². The number of halogens is 1. The quantitative estimate of drug-likeness (QED) is 0.851. The van der Waals surface area contributed by atoms with Crippen LogP contribution in [0.25, 0.3) is 0 Å². The Hall–Kier alpha value is -1.09. The van der Waals surface area contributed by atoms with E-state index in [1.807, 2.05) is 7.05 Å². The Labute approximate surface area is 96.7 Å². The van der Waals surface area contributed by atoms with E-state index in [4.69, 9.17) is 5.11 Å². The van der Waals surface area contributed by atoms with E-state index in [1.54, 1.807) is 6.07 Å². The van der Waals surface area contributed by atoms with Gasteiger partial charge in [-0.15, -0.1) is 0 Å². The molecule has 0 aromatic heterocycles. The van der Waals surface area contributed by atoms with Crippen molar-refractivity contribution in [2.75, 3.05) is 7.05 Å². The van der Waals surface area contributed by atoms with Gasteiger partial charge in [0, 0.05) is 12.6 Å². The zero-order valence-corrected chi connectivity index (χ0v) is 10.4. The minimum atomic E-state index is -0.553. The first-order valence-corrected chi connectivity index (χ1v) is 5.59. The van der Waals surface area contributed by atoms with Crippen molar-refractivity contribution in [3.8, 4) is 5.75 Å². The number of benzene rings is 1. The summed E-state index contributed by atoms with van der Waals surface area (Å²) >= 11 is 0. The number of phenolic OH excluding ortho intramolecular Hbond substituents is 1. The predicted molar refractivity (Wildman–Crippen MR) is 63.8 cm³/mol. The molecule has 2 nitrogen and oxygen atoms in total. The van der Waals surface area contributed by atoms with Gasteiger partial charge in [-0.2, -0.15) is 0 Å². The van der Waals surface area contributed by atoms with E-state index in [0.29, 0.717) is 18.5 Å². The Balaban J connectivity index is 2.69. The fourth-order valence-electron chi connectivity index (χ4n) is 1.59. The molecule has 0 saturated carbocycles. The van der Waals surface area contributed by atoms with Crippen LogP contribution in [0.4, 0.5) is 4.39 Å². The van der Waals surface area contributed by atoms with Crippen molar-refractivity contribution >= 4 is 0 Å². The second-order valence-electron chi connectivity index (χ2n) is 4.69. The normalized spacial score (nSPS) is 13.4. The van der Waals surface area contributed by atoms with Crippen LogP contribution in [-0.4, -0.2) is 23.1 Å². The summed E-state index contributed by atoms with van der Waals surface area (Å²) in [6.45, 7) is 7.18. The topological polar surface area (TPSA) is 23.5 Å². The molecular formula is C13H20FNO. The standard InChI is InChI=1S/C13H20FNO/c1-9(2)10(3)15(4)8-11-5-6-13(16)12(14)7-11/h5-7,9-10,16H,8H2,1-4H3. The van der Waals surface area contributed by atoms with E-state index >= 15 is 0 Å². The Morgan fingerprint density at radius 2 is 1.94 bits per heavy atom. The monoisotopic (exact) mass is 225 g/mol. The van der Waals surface area contributed by atoms with Crippen molar-refractivity contribution in [3.05, 3.63) is 29.6 Å². The Morgan fingerprint density at radius 1 is 1.31 bits per heavy atom. The predicted octanol–water partition coefficient (Wildman–Crippen LogP) is 3.01. The van der Waals surface area contributed by atoms with E-state index in [2.05, 4.69) is 25.7 Å². The summed E-state index contributed by atoms with van der Waals surface area (Å²) in [7, 11) is 2.02. The maximum atomic E-state index is 13.1. The van der Waals surface area contributed by atoms with E-state index in [1.165, 1.54) is 12.1 Å². The highest BCUT2D eigenvalue weighted by atomic mass is 19.1. The van der Waals surface area contributed by atoms with Gasteiger partial charge in [0.15, 0.2) is 11.6 Å². The lowest BCUT2D eigenvalue weighted by Gasteiger charge is -2.27. The Morgan fingerprint density at radius 3 is 2.44 bits per heavy atom. The zero-order valence-electron chi connectivity index (χ0n) is 10.4. The summed E-state index contributed by atoms with van der Waals surface area (Å²) in [4.78, 5) is 2.18. The summed E-state index contributed by atoms with van der Waals surface area (Å²) < 4.78 is 13.1. The zero-order chi connectivity index (χ0) is 12.3. The van der Waals surface area contributed by atoms with Crippen molar-refractivity contribution in [2.45, 2.75) is 33.4 Å². The number of aromatic hydroxyl groups is 1. The molecule has 0 aliphatic rings. The average molecular weight is 225 g/mol. The summed E-state index contributed by atoms with van der Waals surface area (Å²) in [5.41, 5.74) is 0.880. The lowest BCUT2D eigenvalue weighted by Crippen LogP contribution is -2.32. The highest BCUT2D eigenvalue weighted by Gasteiger charge is 2.13. The fourth-order valence-corrected chi connectivity index (χ4v) is 1.59. The second kappa shape index (κ2) is 5.30. The molecule has 1 rings (SSSR count). The first-order chi connectivity index (χ1) is 7.41. The molecule has 0 aliphatic heterocycles. The highest BCUT2D eigenvalue weighted by molar-refractivity contribution is 5.27. The van der Waals surface area contributed by atoms with Crippen LogP contribution >= 0.6 is 0 Å². The third kappa shape index (κ3) is 3.20. The van der Waals surface area contributed by atoms with E-state index < -0.39 is 5.82 Å². The lowest BCUT2D eigenvalue weighted by molar-refractivity contribution is 0.200. The molecule has 1 atom stereocenters. The molecule has 0 aliphatic carbocycles. The molecule has 0 amide bonds. The van der Waals surface area contributed by atoms with Gasteiger partial charge in [-0.1, -0.05) is 19.9 Å². The molecule has 16 heavy (non-hydrogen) atoms. The van der Waals surface area contributed by atoms with Gasteiger partial charge in [0.25, 0.3) is 0 Å². The first-order valence-electron chi connectivity index (χ1n) is 5.59. The molecule has 3 heteroatoms. The van der Waals surface area contributed by atoms with Gasteiger partial charge in [-0.3, -0.25) is 4.90 Å². The van der Waals surface area contributed by atoms with Crippen LogP contribution in [0.15, 0.2) is 18.2 Å². The molecule has 0 bridgehead atoms. The minimum Gasteiger partial charge on any atom is -0.505 e. The fraction of sp³-hybridized carbons (Fsp3) is 0.538. The van der Waals surface area contributed by atoms with Crippen LogP contribution in [-0.2, 0) is 6.54 Å². The molecule has 90 valence electrons. The molecule has 1 aromatic rings. The van der Waals surface area contributed by atoms with Crippen LogP contribution in [0.2, 0.25) is 0 Å². The van der Waals surface area contributed by atoms with Gasteiger partial charge in [-0.05, 0) is 37.6 Å². The second-order valence-corrected chi connectivity index (χ2v) is 4.69. The van der Waals surface area contributed by atoms with Crippen molar-refractivity contribution in [2.24, 2.45) is 5.92 Å². The molecule has 0 heterocycles. The van der Waals surface area contributed by atoms with Gasteiger partial charge < -0.3 is 5.11 Å².